The van der Waals surface area contributed by atoms with Crippen molar-refractivity contribution in [3.05, 3.63) is 70.4 Å². The largest absolute Gasteiger partial charge is 0.359 e. The van der Waals surface area contributed by atoms with Crippen LogP contribution >= 0.6 is 11.6 Å². The maximum atomic E-state index is 13.6. The second-order valence-electron chi connectivity index (χ2n) is 7.89. The molecule has 0 spiro atoms. The minimum Gasteiger partial charge on any atom is -0.359 e. The van der Waals surface area contributed by atoms with Gasteiger partial charge in [0.15, 0.2) is 5.78 Å². The van der Waals surface area contributed by atoms with Crippen molar-refractivity contribution in [2.45, 2.75) is 25.9 Å². The lowest BCUT2D eigenvalue weighted by Gasteiger charge is -2.35. The van der Waals surface area contributed by atoms with E-state index in [4.69, 9.17) is 11.6 Å². The van der Waals surface area contributed by atoms with E-state index in [1.807, 2.05) is 48.4 Å². The summed E-state index contributed by atoms with van der Waals surface area (Å²) in [5, 5.41) is 0.457. The quantitative estimate of drug-likeness (QED) is 0.713. The Morgan fingerprint density at radius 3 is 2.52 bits per heavy atom. The third-order valence-electron chi connectivity index (χ3n) is 6.29. The normalized spacial score (nSPS) is 27.1. The number of halogens is 1. The Morgan fingerprint density at radius 1 is 1.03 bits per heavy atom. The molecule has 5 rings (SSSR count). The first-order valence-corrected chi connectivity index (χ1v) is 9.97. The third-order valence-corrected chi connectivity index (χ3v) is 6.53. The van der Waals surface area contributed by atoms with Crippen LogP contribution in [0.25, 0.3) is 6.08 Å². The highest BCUT2D eigenvalue weighted by molar-refractivity contribution is 6.31. The summed E-state index contributed by atoms with van der Waals surface area (Å²) in [4.78, 5) is 42.8. The molecule has 0 N–H and O–H groups in total. The lowest BCUT2D eigenvalue weighted by Crippen LogP contribution is -2.43. The molecule has 2 saturated heterocycles. The molecule has 0 saturated carbocycles. The standard InChI is InChI=1S/C23H19ClN2O3/c1-12-7-8-15(24)11-17(12)26-22(28)18-19(23(26)29)21-16-6-4-3-5-14(16)9-10-25(21)20(18)13(2)27/h3-11,18-21H,1-2H3/t18-,19-,20-,21-/m1/s1. The average molecular weight is 407 g/mol. The monoisotopic (exact) mass is 406 g/mol. The molecular weight excluding hydrogens is 388 g/mol. The molecule has 0 radical (unpaired) electrons. The van der Waals surface area contributed by atoms with Gasteiger partial charge in [-0.15, -0.1) is 0 Å². The van der Waals surface area contributed by atoms with Gasteiger partial charge in [0, 0.05) is 11.2 Å². The van der Waals surface area contributed by atoms with E-state index in [2.05, 4.69) is 0 Å². The van der Waals surface area contributed by atoms with E-state index in [1.165, 1.54) is 11.8 Å². The zero-order valence-corrected chi connectivity index (χ0v) is 16.8. The Hall–Kier alpha value is -2.92. The van der Waals surface area contributed by atoms with Gasteiger partial charge in [0.25, 0.3) is 0 Å². The number of imide groups is 1. The summed E-state index contributed by atoms with van der Waals surface area (Å²) in [5.74, 6) is -2.03. The Labute approximate surface area is 173 Å². The molecule has 146 valence electrons. The summed E-state index contributed by atoms with van der Waals surface area (Å²) in [6.07, 6.45) is 3.80. The number of hydrogen-bond acceptors (Lipinski definition) is 4. The third kappa shape index (κ3) is 2.43. The predicted molar refractivity (Wildman–Crippen MR) is 110 cm³/mol. The smallest absolute Gasteiger partial charge is 0.240 e. The fourth-order valence-electron chi connectivity index (χ4n) is 5.08. The number of Topliss-reactive ketones (excluding diaryl/α,β-unsaturated/α-hetero) is 1. The van der Waals surface area contributed by atoms with E-state index in [9.17, 15) is 14.4 Å². The minimum atomic E-state index is -0.709. The van der Waals surface area contributed by atoms with Gasteiger partial charge in [-0.1, -0.05) is 41.9 Å². The summed E-state index contributed by atoms with van der Waals surface area (Å²) in [6, 6.07) is 12.0. The summed E-state index contributed by atoms with van der Waals surface area (Å²) in [6.45, 7) is 3.33. The topological polar surface area (TPSA) is 57.7 Å². The van der Waals surface area contributed by atoms with Gasteiger partial charge in [-0.25, -0.2) is 4.90 Å². The van der Waals surface area contributed by atoms with Gasteiger partial charge in [0.2, 0.25) is 11.8 Å². The van der Waals surface area contributed by atoms with Gasteiger partial charge in [-0.2, -0.15) is 0 Å². The van der Waals surface area contributed by atoms with Crippen LogP contribution in [0.15, 0.2) is 48.7 Å². The summed E-state index contributed by atoms with van der Waals surface area (Å²) in [5.41, 5.74) is 3.26. The van der Waals surface area contributed by atoms with Gasteiger partial charge in [0.05, 0.1) is 29.6 Å². The van der Waals surface area contributed by atoms with Crippen LogP contribution in [-0.4, -0.2) is 28.5 Å². The lowest BCUT2D eigenvalue weighted by atomic mass is 9.84. The maximum absolute atomic E-state index is 13.6. The number of carbonyl (C=O) groups is 3. The van der Waals surface area contributed by atoms with Crippen molar-refractivity contribution in [3.63, 3.8) is 0 Å². The van der Waals surface area contributed by atoms with Crippen molar-refractivity contribution in [1.29, 1.82) is 0 Å². The van der Waals surface area contributed by atoms with Crippen LogP contribution in [0.2, 0.25) is 5.02 Å². The second-order valence-corrected chi connectivity index (χ2v) is 8.32. The molecule has 3 aliphatic heterocycles. The zero-order valence-electron chi connectivity index (χ0n) is 16.0. The van der Waals surface area contributed by atoms with Gasteiger partial charge in [0.1, 0.15) is 0 Å². The highest BCUT2D eigenvalue weighted by atomic mass is 35.5. The van der Waals surface area contributed by atoms with Gasteiger partial charge in [-0.05, 0) is 48.7 Å². The SMILES string of the molecule is CC(=O)[C@@H]1[C@@H]2C(=O)N(c3cc(Cl)ccc3C)C(=O)[C@H]2[C@H]2c3ccccc3C=CN12. The van der Waals surface area contributed by atoms with E-state index in [1.54, 1.807) is 18.2 Å². The Kier molecular flexibility index (Phi) is 3.93. The number of nitrogens with zero attached hydrogens (tertiary/aromatic N) is 2. The van der Waals surface area contributed by atoms with Crippen LogP contribution in [0, 0.1) is 18.8 Å². The molecule has 3 heterocycles. The van der Waals surface area contributed by atoms with Crippen LogP contribution in [-0.2, 0) is 14.4 Å². The first-order valence-electron chi connectivity index (χ1n) is 9.59. The summed E-state index contributed by atoms with van der Waals surface area (Å²) < 4.78 is 0. The highest BCUT2D eigenvalue weighted by Crippen LogP contribution is 2.53. The predicted octanol–water partition coefficient (Wildman–Crippen LogP) is 3.75. The second kappa shape index (κ2) is 6.29. The number of aryl methyl sites for hydroxylation is 1. The number of amides is 2. The molecule has 3 aliphatic rings. The van der Waals surface area contributed by atoms with Crippen molar-refractivity contribution in [2.75, 3.05) is 4.90 Å². The van der Waals surface area contributed by atoms with Gasteiger partial charge >= 0.3 is 0 Å². The number of benzene rings is 2. The van der Waals surface area contributed by atoms with Crippen LogP contribution in [0.5, 0.6) is 0 Å². The molecule has 2 aromatic rings. The molecule has 2 fully saturated rings. The molecule has 0 unspecified atom stereocenters. The number of anilines is 1. The van der Waals surface area contributed by atoms with E-state index in [-0.39, 0.29) is 23.6 Å². The van der Waals surface area contributed by atoms with E-state index in [0.717, 1.165) is 16.7 Å². The van der Waals surface area contributed by atoms with Crippen LogP contribution in [0.1, 0.15) is 29.7 Å². The molecule has 2 amide bonds. The Balaban J connectivity index is 1.67. The van der Waals surface area contributed by atoms with E-state index < -0.39 is 17.9 Å². The van der Waals surface area contributed by atoms with Crippen molar-refractivity contribution in [3.8, 4) is 0 Å². The Bertz CT molecular complexity index is 1110. The number of carbonyl (C=O) groups excluding carboxylic acids is 3. The van der Waals surface area contributed by atoms with Crippen molar-refractivity contribution in [2.24, 2.45) is 11.8 Å². The van der Waals surface area contributed by atoms with Crippen molar-refractivity contribution < 1.29 is 14.4 Å². The van der Waals surface area contributed by atoms with Gasteiger partial charge in [-0.3, -0.25) is 14.4 Å². The summed E-state index contributed by atoms with van der Waals surface area (Å²) in [7, 11) is 0. The van der Waals surface area contributed by atoms with Crippen LogP contribution < -0.4 is 4.90 Å². The molecule has 4 atom stereocenters. The van der Waals surface area contributed by atoms with E-state index in [0.29, 0.717) is 10.7 Å². The fraction of sp³-hybridized carbons (Fsp3) is 0.261. The zero-order chi connectivity index (χ0) is 20.4. The average Bonchev–Trinajstić information content (AvgIpc) is 3.17. The molecular formula is C23H19ClN2O3. The minimum absolute atomic E-state index is 0.114. The molecule has 0 aromatic heterocycles. The van der Waals surface area contributed by atoms with Gasteiger partial charge < -0.3 is 4.90 Å². The van der Waals surface area contributed by atoms with Crippen LogP contribution in [0.3, 0.4) is 0 Å². The molecule has 6 heteroatoms. The number of rotatable bonds is 2. The molecule has 0 aliphatic carbocycles. The lowest BCUT2D eigenvalue weighted by molar-refractivity contribution is -0.129. The highest BCUT2D eigenvalue weighted by Gasteiger charge is 2.64. The first kappa shape index (κ1) is 18.1. The Morgan fingerprint density at radius 2 is 1.76 bits per heavy atom. The maximum Gasteiger partial charge on any atom is 0.240 e. The fourth-order valence-corrected chi connectivity index (χ4v) is 5.25. The molecule has 2 aromatic carbocycles. The number of hydrogen-bond donors (Lipinski definition) is 0. The molecule has 5 nitrogen and oxygen atoms in total. The van der Waals surface area contributed by atoms with E-state index >= 15 is 0 Å². The summed E-state index contributed by atoms with van der Waals surface area (Å²) >= 11 is 6.15. The molecule has 29 heavy (non-hydrogen) atoms. The number of fused-ring (bicyclic) bond motifs is 5. The first-order chi connectivity index (χ1) is 13.9. The molecule has 0 bridgehead atoms. The number of ketones is 1. The van der Waals surface area contributed by atoms with Crippen molar-refractivity contribution in [1.82, 2.24) is 4.90 Å². The van der Waals surface area contributed by atoms with Crippen LogP contribution in [0.4, 0.5) is 5.69 Å². The van der Waals surface area contributed by atoms with Crippen molar-refractivity contribution >= 4 is 41.0 Å².